The van der Waals surface area contributed by atoms with Crippen molar-refractivity contribution >= 4 is 40.2 Å². The number of thiocarbonyl (C=S) groups is 1. The second-order valence-electron chi connectivity index (χ2n) is 4.02. The molecule has 1 saturated heterocycles. The van der Waals surface area contributed by atoms with Gasteiger partial charge in [0.15, 0.2) is 0 Å². The van der Waals surface area contributed by atoms with Gasteiger partial charge in [0.1, 0.15) is 15.8 Å². The Kier molecular flexibility index (Phi) is 4.74. The smallest absolute Gasteiger partial charge is 0.323 e. The standard InChI is InChI=1S/C14H11NO3S2/c16-12(17)9-15-13(18)11(20-14(15)19)8-4-7-10-5-2-1-3-6-10/h1-6H,7,9H2,(H,16,17). The molecule has 0 unspecified atom stereocenters. The largest absolute Gasteiger partial charge is 0.480 e. The zero-order chi connectivity index (χ0) is 14.5. The van der Waals surface area contributed by atoms with Crippen LogP contribution in [-0.2, 0) is 16.0 Å². The van der Waals surface area contributed by atoms with Gasteiger partial charge in [0.25, 0.3) is 5.91 Å². The summed E-state index contributed by atoms with van der Waals surface area (Å²) in [5, 5.41) is 8.72. The van der Waals surface area contributed by atoms with Crippen LogP contribution in [0.2, 0.25) is 0 Å². The van der Waals surface area contributed by atoms with Gasteiger partial charge in [0, 0.05) is 0 Å². The minimum absolute atomic E-state index is 0.257. The van der Waals surface area contributed by atoms with Crippen molar-refractivity contribution in [2.24, 2.45) is 0 Å². The fraction of sp³-hybridized carbons (Fsp3) is 0.143. The second-order valence-corrected chi connectivity index (χ2v) is 5.66. The molecule has 0 bridgehead atoms. The lowest BCUT2D eigenvalue weighted by Gasteiger charge is -2.09. The summed E-state index contributed by atoms with van der Waals surface area (Å²) in [5.41, 5.74) is 4.01. The highest BCUT2D eigenvalue weighted by Crippen LogP contribution is 2.29. The Labute approximate surface area is 125 Å². The van der Waals surface area contributed by atoms with Gasteiger partial charge in [-0.1, -0.05) is 42.5 Å². The summed E-state index contributed by atoms with van der Waals surface area (Å²) >= 11 is 6.06. The first kappa shape index (κ1) is 14.5. The van der Waals surface area contributed by atoms with Crippen LogP contribution in [-0.4, -0.2) is 32.7 Å². The highest BCUT2D eigenvalue weighted by Gasteiger charge is 2.33. The molecule has 4 nitrogen and oxygen atoms in total. The van der Waals surface area contributed by atoms with Crippen molar-refractivity contribution in [3.8, 4) is 0 Å². The third-order valence-corrected chi connectivity index (χ3v) is 3.92. The number of amides is 1. The first-order chi connectivity index (χ1) is 9.58. The molecule has 0 atom stereocenters. The fourth-order valence-corrected chi connectivity index (χ4v) is 2.80. The number of hydrogen-bond acceptors (Lipinski definition) is 4. The highest BCUT2D eigenvalue weighted by atomic mass is 32.2. The Balaban J connectivity index is 2.09. The van der Waals surface area contributed by atoms with E-state index >= 15 is 0 Å². The quantitative estimate of drug-likeness (QED) is 0.525. The normalized spacial score (nSPS) is 14.4. The molecule has 1 aliphatic rings. The lowest BCUT2D eigenvalue weighted by molar-refractivity contribution is -0.140. The predicted octanol–water partition coefficient (Wildman–Crippen LogP) is 2.21. The van der Waals surface area contributed by atoms with Crippen molar-refractivity contribution in [1.29, 1.82) is 0 Å². The van der Waals surface area contributed by atoms with Crippen LogP contribution >= 0.6 is 24.0 Å². The van der Waals surface area contributed by atoms with E-state index in [4.69, 9.17) is 17.3 Å². The molecule has 1 aliphatic heterocycles. The maximum absolute atomic E-state index is 11.9. The van der Waals surface area contributed by atoms with Gasteiger partial charge in [-0.2, -0.15) is 0 Å². The Bertz CT molecular complexity index is 619. The van der Waals surface area contributed by atoms with E-state index < -0.39 is 18.4 Å². The first-order valence-corrected chi connectivity index (χ1v) is 7.05. The van der Waals surface area contributed by atoms with Gasteiger partial charge in [-0.3, -0.25) is 14.5 Å². The number of carbonyl (C=O) groups excluding carboxylic acids is 1. The number of thioether (sulfide) groups is 1. The van der Waals surface area contributed by atoms with Crippen molar-refractivity contribution in [3.63, 3.8) is 0 Å². The Hall–Kier alpha value is -1.88. The van der Waals surface area contributed by atoms with Crippen molar-refractivity contribution in [2.75, 3.05) is 6.54 Å². The predicted molar refractivity (Wildman–Crippen MR) is 81.3 cm³/mol. The highest BCUT2D eigenvalue weighted by molar-refractivity contribution is 8.26. The summed E-state index contributed by atoms with van der Waals surface area (Å²) in [6, 6.07) is 9.77. The molecular formula is C14H11NO3S2. The van der Waals surface area contributed by atoms with Crippen LogP contribution in [0.3, 0.4) is 0 Å². The summed E-state index contributed by atoms with van der Waals surface area (Å²) in [7, 11) is 0. The Morgan fingerprint density at radius 2 is 2.10 bits per heavy atom. The molecule has 6 heteroatoms. The SMILES string of the molecule is O=C(O)CN1C(=O)C(=C=CCc2ccccc2)SC1=S. The lowest BCUT2D eigenvalue weighted by Crippen LogP contribution is -2.33. The maximum atomic E-state index is 11.9. The van der Waals surface area contributed by atoms with Crippen LogP contribution in [0.4, 0.5) is 0 Å². The molecule has 20 heavy (non-hydrogen) atoms. The number of nitrogens with zero attached hydrogens (tertiary/aromatic N) is 1. The van der Waals surface area contributed by atoms with Crippen molar-refractivity contribution in [2.45, 2.75) is 6.42 Å². The van der Waals surface area contributed by atoms with Crippen molar-refractivity contribution in [1.82, 2.24) is 4.90 Å². The lowest BCUT2D eigenvalue weighted by atomic mass is 10.1. The molecule has 0 spiro atoms. The average molecular weight is 305 g/mol. The van der Waals surface area contributed by atoms with E-state index in [1.807, 2.05) is 30.3 Å². The molecule has 1 fully saturated rings. The molecule has 0 aliphatic carbocycles. The van der Waals surface area contributed by atoms with Gasteiger partial charge in [0.2, 0.25) is 0 Å². The maximum Gasteiger partial charge on any atom is 0.323 e. The third kappa shape index (κ3) is 3.57. The van der Waals surface area contributed by atoms with E-state index in [-0.39, 0.29) is 4.32 Å². The van der Waals surface area contributed by atoms with E-state index in [0.29, 0.717) is 11.3 Å². The van der Waals surface area contributed by atoms with E-state index in [1.54, 1.807) is 6.08 Å². The fourth-order valence-electron chi connectivity index (χ4n) is 1.63. The molecule has 102 valence electrons. The van der Waals surface area contributed by atoms with Gasteiger partial charge in [0.05, 0.1) is 0 Å². The van der Waals surface area contributed by atoms with Gasteiger partial charge in [-0.05, 0) is 29.8 Å². The molecule has 0 aromatic heterocycles. The van der Waals surface area contributed by atoms with Gasteiger partial charge in [-0.15, -0.1) is 5.73 Å². The zero-order valence-corrected chi connectivity index (χ0v) is 12.0. The van der Waals surface area contributed by atoms with Crippen LogP contribution < -0.4 is 0 Å². The monoisotopic (exact) mass is 305 g/mol. The Morgan fingerprint density at radius 3 is 2.75 bits per heavy atom. The summed E-state index contributed by atoms with van der Waals surface area (Å²) in [5.74, 6) is -1.48. The van der Waals surface area contributed by atoms with Crippen molar-refractivity contribution in [3.05, 3.63) is 52.6 Å². The third-order valence-electron chi connectivity index (χ3n) is 2.56. The zero-order valence-electron chi connectivity index (χ0n) is 10.4. The average Bonchev–Trinajstić information content (AvgIpc) is 2.67. The van der Waals surface area contributed by atoms with E-state index in [1.165, 1.54) is 0 Å². The molecule has 0 radical (unpaired) electrons. The minimum atomic E-state index is -1.09. The van der Waals surface area contributed by atoms with E-state index in [2.05, 4.69) is 5.73 Å². The number of benzene rings is 1. The number of carbonyl (C=O) groups is 2. The Morgan fingerprint density at radius 1 is 1.40 bits per heavy atom. The number of aliphatic carboxylic acids is 1. The molecule has 1 N–H and O–H groups in total. The second kappa shape index (κ2) is 6.52. The summed E-state index contributed by atoms with van der Waals surface area (Å²) in [6.07, 6.45) is 2.41. The van der Waals surface area contributed by atoms with Crippen LogP contribution in [0, 0.1) is 0 Å². The summed E-state index contributed by atoms with van der Waals surface area (Å²) in [4.78, 5) is 24.0. The molecule has 1 aromatic carbocycles. The van der Waals surface area contributed by atoms with Gasteiger partial charge >= 0.3 is 5.97 Å². The van der Waals surface area contributed by atoms with Crippen LogP contribution in [0.1, 0.15) is 5.56 Å². The number of hydrogen-bond donors (Lipinski definition) is 1. The van der Waals surface area contributed by atoms with E-state index in [0.717, 1.165) is 22.2 Å². The molecular weight excluding hydrogens is 294 g/mol. The molecule has 1 aromatic rings. The van der Waals surface area contributed by atoms with Crippen LogP contribution in [0.25, 0.3) is 0 Å². The molecule has 1 amide bonds. The first-order valence-electron chi connectivity index (χ1n) is 5.82. The van der Waals surface area contributed by atoms with E-state index in [9.17, 15) is 9.59 Å². The van der Waals surface area contributed by atoms with Crippen molar-refractivity contribution < 1.29 is 14.7 Å². The number of carboxylic acid groups (broad SMARTS) is 1. The summed E-state index contributed by atoms with van der Waals surface area (Å²) in [6.45, 7) is -0.408. The van der Waals surface area contributed by atoms with Gasteiger partial charge < -0.3 is 5.11 Å². The van der Waals surface area contributed by atoms with Gasteiger partial charge in [-0.25, -0.2) is 0 Å². The minimum Gasteiger partial charge on any atom is -0.480 e. The number of carboxylic acids is 1. The summed E-state index contributed by atoms with van der Waals surface area (Å²) < 4.78 is 0.257. The van der Waals surface area contributed by atoms with Crippen LogP contribution in [0.5, 0.6) is 0 Å². The topological polar surface area (TPSA) is 57.6 Å². The molecule has 0 saturated carbocycles. The molecule has 1 heterocycles. The van der Waals surface area contributed by atoms with Crippen LogP contribution in [0.15, 0.2) is 47.0 Å². The number of rotatable bonds is 4. The molecule has 2 rings (SSSR count).